The normalized spacial score (nSPS) is 12.3. The monoisotopic (exact) mass is 361 g/mol. The Balaban J connectivity index is 2.37. The number of hydrogen-bond acceptors (Lipinski definition) is 2. The maximum absolute atomic E-state index is 11.8. The van der Waals surface area contributed by atoms with Crippen LogP contribution in [-0.2, 0) is 4.79 Å². The Labute approximate surface area is 122 Å². The van der Waals surface area contributed by atoms with Crippen LogP contribution in [-0.4, -0.2) is 18.6 Å². The lowest BCUT2D eigenvalue weighted by Crippen LogP contribution is -2.37. The molecular formula is C14H20INO2. The van der Waals surface area contributed by atoms with Crippen molar-refractivity contribution in [1.29, 1.82) is 0 Å². The van der Waals surface area contributed by atoms with Crippen molar-refractivity contribution in [2.45, 2.75) is 33.3 Å². The largest absolute Gasteiger partial charge is 0.481 e. The predicted octanol–water partition coefficient (Wildman–Crippen LogP) is 3.22. The SMILES string of the molecule is CC(C)CCNC(=O)C(C)Oc1ccc(I)cc1. The molecule has 0 aromatic heterocycles. The molecule has 1 unspecified atom stereocenters. The van der Waals surface area contributed by atoms with Gasteiger partial charge >= 0.3 is 0 Å². The first-order valence-electron chi connectivity index (χ1n) is 6.19. The van der Waals surface area contributed by atoms with Crippen molar-refractivity contribution in [3.05, 3.63) is 27.8 Å². The Morgan fingerprint density at radius 1 is 1.28 bits per heavy atom. The highest BCUT2D eigenvalue weighted by Gasteiger charge is 2.13. The number of ether oxygens (including phenoxy) is 1. The van der Waals surface area contributed by atoms with E-state index in [4.69, 9.17) is 4.74 Å². The van der Waals surface area contributed by atoms with Gasteiger partial charge in [0.15, 0.2) is 6.10 Å². The minimum Gasteiger partial charge on any atom is -0.481 e. The van der Waals surface area contributed by atoms with Crippen molar-refractivity contribution in [3.63, 3.8) is 0 Å². The number of halogens is 1. The van der Waals surface area contributed by atoms with E-state index in [9.17, 15) is 4.79 Å². The molecule has 1 rings (SSSR count). The molecule has 0 fully saturated rings. The van der Waals surface area contributed by atoms with Crippen LogP contribution in [0.4, 0.5) is 0 Å². The van der Waals surface area contributed by atoms with Crippen molar-refractivity contribution in [3.8, 4) is 5.75 Å². The highest BCUT2D eigenvalue weighted by molar-refractivity contribution is 14.1. The van der Waals surface area contributed by atoms with Gasteiger partial charge in [0.25, 0.3) is 5.91 Å². The number of carbonyl (C=O) groups is 1. The summed E-state index contributed by atoms with van der Waals surface area (Å²) in [5.41, 5.74) is 0. The summed E-state index contributed by atoms with van der Waals surface area (Å²) in [5, 5.41) is 2.88. The van der Waals surface area contributed by atoms with Crippen LogP contribution in [0, 0.1) is 9.49 Å². The van der Waals surface area contributed by atoms with Crippen molar-refractivity contribution in [2.24, 2.45) is 5.92 Å². The molecule has 1 N–H and O–H groups in total. The van der Waals surface area contributed by atoms with Crippen molar-refractivity contribution in [1.82, 2.24) is 5.32 Å². The third kappa shape index (κ3) is 5.71. The molecule has 1 atom stereocenters. The molecule has 1 amide bonds. The molecule has 1 aromatic rings. The van der Waals surface area contributed by atoms with Crippen LogP contribution in [0.3, 0.4) is 0 Å². The summed E-state index contributed by atoms with van der Waals surface area (Å²) >= 11 is 2.23. The molecule has 0 heterocycles. The molecule has 0 saturated carbocycles. The predicted molar refractivity (Wildman–Crippen MR) is 81.7 cm³/mol. The van der Waals surface area contributed by atoms with Gasteiger partial charge in [-0.15, -0.1) is 0 Å². The Kier molecular flexibility index (Phi) is 6.46. The maximum Gasteiger partial charge on any atom is 0.260 e. The Hall–Kier alpha value is -0.780. The third-order valence-electron chi connectivity index (χ3n) is 2.52. The first-order valence-corrected chi connectivity index (χ1v) is 7.27. The van der Waals surface area contributed by atoms with Crippen LogP contribution in [0.5, 0.6) is 5.75 Å². The van der Waals surface area contributed by atoms with E-state index in [1.54, 1.807) is 6.92 Å². The fraction of sp³-hybridized carbons (Fsp3) is 0.500. The average Bonchev–Trinajstić information content (AvgIpc) is 2.31. The summed E-state index contributed by atoms with van der Waals surface area (Å²) < 4.78 is 6.72. The second-order valence-electron chi connectivity index (χ2n) is 4.69. The van der Waals surface area contributed by atoms with Crippen LogP contribution in [0.15, 0.2) is 24.3 Å². The average molecular weight is 361 g/mol. The van der Waals surface area contributed by atoms with Gasteiger partial charge in [-0.3, -0.25) is 4.79 Å². The van der Waals surface area contributed by atoms with E-state index in [0.717, 1.165) is 15.7 Å². The topological polar surface area (TPSA) is 38.3 Å². The van der Waals surface area contributed by atoms with Crippen molar-refractivity contribution < 1.29 is 9.53 Å². The van der Waals surface area contributed by atoms with E-state index < -0.39 is 6.10 Å². The Morgan fingerprint density at radius 2 is 1.89 bits per heavy atom. The lowest BCUT2D eigenvalue weighted by Gasteiger charge is -2.15. The summed E-state index contributed by atoms with van der Waals surface area (Å²) in [6.45, 7) is 6.74. The molecule has 0 aliphatic carbocycles. The van der Waals surface area contributed by atoms with Crippen LogP contribution < -0.4 is 10.1 Å². The van der Waals surface area contributed by atoms with Gasteiger partial charge < -0.3 is 10.1 Å². The smallest absolute Gasteiger partial charge is 0.260 e. The molecule has 3 nitrogen and oxygen atoms in total. The molecule has 0 aliphatic rings. The van der Waals surface area contributed by atoms with Gasteiger partial charge in [-0.1, -0.05) is 13.8 Å². The summed E-state index contributed by atoms with van der Waals surface area (Å²) in [6.07, 6.45) is 0.527. The summed E-state index contributed by atoms with van der Waals surface area (Å²) in [6, 6.07) is 7.66. The van der Waals surface area contributed by atoms with Gasteiger partial charge in [-0.05, 0) is 66.1 Å². The summed E-state index contributed by atoms with van der Waals surface area (Å²) in [4.78, 5) is 11.8. The quantitative estimate of drug-likeness (QED) is 0.791. The number of benzene rings is 1. The second-order valence-corrected chi connectivity index (χ2v) is 5.93. The van der Waals surface area contributed by atoms with Gasteiger partial charge in [0.1, 0.15) is 5.75 Å². The minimum absolute atomic E-state index is 0.0609. The number of rotatable bonds is 6. The van der Waals surface area contributed by atoms with E-state index in [2.05, 4.69) is 41.8 Å². The van der Waals surface area contributed by atoms with Crippen LogP contribution in [0.1, 0.15) is 27.2 Å². The first kappa shape index (κ1) is 15.3. The highest BCUT2D eigenvalue weighted by Crippen LogP contribution is 2.15. The van der Waals surface area contributed by atoms with E-state index in [-0.39, 0.29) is 5.91 Å². The van der Waals surface area contributed by atoms with E-state index in [0.29, 0.717) is 12.5 Å². The number of carbonyl (C=O) groups excluding carboxylic acids is 1. The number of hydrogen-bond donors (Lipinski definition) is 1. The van der Waals surface area contributed by atoms with Crippen LogP contribution >= 0.6 is 22.6 Å². The molecule has 0 radical (unpaired) electrons. The highest BCUT2D eigenvalue weighted by atomic mass is 127. The lowest BCUT2D eigenvalue weighted by atomic mass is 10.1. The van der Waals surface area contributed by atoms with Gasteiger partial charge in [-0.25, -0.2) is 0 Å². The maximum atomic E-state index is 11.8. The molecule has 0 saturated heterocycles. The standard InChI is InChI=1S/C14H20INO2/c1-10(2)8-9-16-14(17)11(3)18-13-6-4-12(15)5-7-13/h4-7,10-11H,8-9H2,1-3H3,(H,16,17). The van der Waals surface area contributed by atoms with E-state index in [1.807, 2.05) is 24.3 Å². The van der Waals surface area contributed by atoms with Gasteiger partial charge in [0, 0.05) is 10.1 Å². The van der Waals surface area contributed by atoms with E-state index in [1.165, 1.54) is 0 Å². The molecule has 100 valence electrons. The van der Waals surface area contributed by atoms with Crippen molar-refractivity contribution in [2.75, 3.05) is 6.54 Å². The van der Waals surface area contributed by atoms with Crippen LogP contribution in [0.25, 0.3) is 0 Å². The van der Waals surface area contributed by atoms with Gasteiger partial charge in [-0.2, -0.15) is 0 Å². The van der Waals surface area contributed by atoms with Gasteiger partial charge in [0.2, 0.25) is 0 Å². The van der Waals surface area contributed by atoms with Crippen LogP contribution in [0.2, 0.25) is 0 Å². The first-order chi connectivity index (χ1) is 8.49. The molecular weight excluding hydrogens is 341 g/mol. The number of amides is 1. The zero-order valence-corrected chi connectivity index (χ0v) is 13.2. The Bertz CT molecular complexity index is 376. The second kappa shape index (κ2) is 7.61. The van der Waals surface area contributed by atoms with E-state index >= 15 is 0 Å². The fourth-order valence-electron chi connectivity index (χ4n) is 1.40. The Morgan fingerprint density at radius 3 is 2.44 bits per heavy atom. The molecule has 1 aromatic carbocycles. The molecule has 4 heteroatoms. The zero-order valence-electron chi connectivity index (χ0n) is 11.1. The van der Waals surface area contributed by atoms with Gasteiger partial charge in [0.05, 0.1) is 0 Å². The minimum atomic E-state index is -0.461. The van der Waals surface area contributed by atoms with Crippen molar-refractivity contribution >= 4 is 28.5 Å². The molecule has 0 spiro atoms. The number of nitrogens with one attached hydrogen (secondary N) is 1. The lowest BCUT2D eigenvalue weighted by molar-refractivity contribution is -0.127. The fourth-order valence-corrected chi connectivity index (χ4v) is 1.76. The zero-order chi connectivity index (χ0) is 13.5. The summed E-state index contributed by atoms with van der Waals surface area (Å²) in [5.74, 6) is 1.26. The molecule has 0 aliphatic heterocycles. The molecule has 0 bridgehead atoms. The molecule has 18 heavy (non-hydrogen) atoms. The third-order valence-corrected chi connectivity index (χ3v) is 3.24. The summed E-state index contributed by atoms with van der Waals surface area (Å²) in [7, 11) is 0.